The van der Waals surface area contributed by atoms with E-state index in [1.807, 2.05) is 11.6 Å². The van der Waals surface area contributed by atoms with Crippen LogP contribution in [0.1, 0.15) is 24.4 Å². The Kier molecular flexibility index (Phi) is 4.91. The van der Waals surface area contributed by atoms with Gasteiger partial charge in [0.2, 0.25) is 0 Å². The minimum atomic E-state index is 0.308. The molecule has 17 heavy (non-hydrogen) atoms. The molecule has 1 aromatic heterocycles. The molecule has 1 aromatic rings. The molecule has 4 nitrogen and oxygen atoms in total. The lowest BCUT2D eigenvalue weighted by molar-refractivity contribution is -0.0193. The number of nitrogens with one attached hydrogen (secondary N) is 1. The zero-order valence-electron chi connectivity index (χ0n) is 10.6. The van der Waals surface area contributed by atoms with Crippen molar-refractivity contribution in [3.63, 3.8) is 0 Å². The number of aromatic nitrogens is 1. The standard InChI is InChI=1S/C12H21N3OS/c1-3-11(12-13-4-7-17-12)14-8-10-9-15(2)5-6-16-10/h4,7,10-11,14H,3,5-6,8-9H2,1-2H3. The predicted octanol–water partition coefficient (Wildman–Crippen LogP) is 1.51. The molecule has 96 valence electrons. The Hall–Kier alpha value is -0.490. The lowest BCUT2D eigenvalue weighted by Gasteiger charge is -2.31. The van der Waals surface area contributed by atoms with Crippen LogP contribution >= 0.6 is 11.3 Å². The molecule has 5 heteroatoms. The topological polar surface area (TPSA) is 37.4 Å². The number of rotatable bonds is 5. The van der Waals surface area contributed by atoms with Gasteiger partial charge in [0, 0.05) is 31.2 Å². The number of likely N-dealkylation sites (N-methyl/N-ethyl adjacent to an activating group) is 1. The lowest BCUT2D eigenvalue weighted by atomic mass is 10.2. The van der Waals surface area contributed by atoms with Gasteiger partial charge in [-0.25, -0.2) is 4.98 Å². The summed E-state index contributed by atoms with van der Waals surface area (Å²) in [5.41, 5.74) is 0. The van der Waals surface area contributed by atoms with Crippen LogP contribution in [0.25, 0.3) is 0 Å². The van der Waals surface area contributed by atoms with Crippen molar-refractivity contribution >= 4 is 11.3 Å². The van der Waals surface area contributed by atoms with Crippen molar-refractivity contribution in [2.24, 2.45) is 0 Å². The fourth-order valence-corrected chi connectivity index (χ4v) is 2.87. The molecule has 1 aliphatic heterocycles. The molecule has 1 fully saturated rings. The first-order valence-corrected chi connectivity index (χ1v) is 7.10. The number of thiazole rings is 1. The average molecular weight is 255 g/mol. The van der Waals surface area contributed by atoms with Gasteiger partial charge in [-0.15, -0.1) is 11.3 Å². The molecule has 1 saturated heterocycles. The first-order valence-electron chi connectivity index (χ1n) is 6.22. The molecule has 0 amide bonds. The monoisotopic (exact) mass is 255 g/mol. The lowest BCUT2D eigenvalue weighted by Crippen LogP contribution is -2.45. The van der Waals surface area contributed by atoms with Crippen LogP contribution in [0, 0.1) is 0 Å². The van der Waals surface area contributed by atoms with Crippen LogP contribution in [0.4, 0.5) is 0 Å². The maximum Gasteiger partial charge on any atom is 0.109 e. The van der Waals surface area contributed by atoms with Gasteiger partial charge < -0.3 is 15.0 Å². The molecule has 2 heterocycles. The van der Waals surface area contributed by atoms with Crippen LogP contribution in [0.3, 0.4) is 0 Å². The van der Waals surface area contributed by atoms with Crippen LogP contribution in [0.5, 0.6) is 0 Å². The van der Waals surface area contributed by atoms with Crippen molar-refractivity contribution in [3.8, 4) is 0 Å². The molecule has 0 aromatic carbocycles. The molecule has 2 rings (SSSR count). The van der Waals surface area contributed by atoms with Crippen molar-refractivity contribution in [3.05, 3.63) is 16.6 Å². The van der Waals surface area contributed by atoms with Crippen molar-refractivity contribution in [2.45, 2.75) is 25.5 Å². The van der Waals surface area contributed by atoms with Gasteiger partial charge in [0.05, 0.1) is 18.8 Å². The quantitative estimate of drug-likeness (QED) is 0.865. The SMILES string of the molecule is CCC(NCC1CN(C)CCO1)c1nccs1. The normalized spacial score (nSPS) is 23.8. The van der Waals surface area contributed by atoms with E-state index in [4.69, 9.17) is 4.74 Å². The molecule has 2 atom stereocenters. The van der Waals surface area contributed by atoms with E-state index in [9.17, 15) is 0 Å². The second-order valence-corrected chi connectivity index (χ2v) is 5.42. The molecule has 0 radical (unpaired) electrons. The second-order valence-electron chi connectivity index (χ2n) is 4.49. The van der Waals surface area contributed by atoms with Crippen LogP contribution < -0.4 is 5.32 Å². The van der Waals surface area contributed by atoms with Crippen molar-refractivity contribution in [1.29, 1.82) is 0 Å². The molecule has 0 saturated carbocycles. The van der Waals surface area contributed by atoms with E-state index in [-0.39, 0.29) is 0 Å². The zero-order chi connectivity index (χ0) is 12.1. The highest BCUT2D eigenvalue weighted by Gasteiger charge is 2.19. The summed E-state index contributed by atoms with van der Waals surface area (Å²) in [6.45, 7) is 5.99. The summed E-state index contributed by atoms with van der Waals surface area (Å²) < 4.78 is 5.74. The summed E-state index contributed by atoms with van der Waals surface area (Å²) in [5, 5.41) is 6.77. The van der Waals surface area contributed by atoms with Crippen molar-refractivity contribution in [2.75, 3.05) is 33.3 Å². The molecule has 0 bridgehead atoms. The van der Waals surface area contributed by atoms with Crippen LogP contribution in [0.15, 0.2) is 11.6 Å². The number of hydrogen-bond donors (Lipinski definition) is 1. The minimum absolute atomic E-state index is 0.308. The van der Waals surface area contributed by atoms with E-state index in [1.54, 1.807) is 11.3 Å². The van der Waals surface area contributed by atoms with Gasteiger partial charge in [0.25, 0.3) is 0 Å². The molecule has 0 aliphatic carbocycles. The van der Waals surface area contributed by atoms with Crippen LogP contribution in [0.2, 0.25) is 0 Å². The van der Waals surface area contributed by atoms with E-state index < -0.39 is 0 Å². The van der Waals surface area contributed by atoms with Gasteiger partial charge in [-0.1, -0.05) is 6.92 Å². The van der Waals surface area contributed by atoms with Gasteiger partial charge in [0.1, 0.15) is 5.01 Å². The van der Waals surface area contributed by atoms with E-state index in [0.717, 1.165) is 32.7 Å². The summed E-state index contributed by atoms with van der Waals surface area (Å²) in [4.78, 5) is 6.69. The molecular weight excluding hydrogens is 234 g/mol. The summed E-state index contributed by atoms with van der Waals surface area (Å²) in [6, 6.07) is 0.367. The van der Waals surface area contributed by atoms with E-state index >= 15 is 0 Å². The Balaban J connectivity index is 1.80. The van der Waals surface area contributed by atoms with Gasteiger partial charge in [-0.3, -0.25) is 0 Å². The van der Waals surface area contributed by atoms with E-state index in [1.165, 1.54) is 5.01 Å². The van der Waals surface area contributed by atoms with E-state index in [0.29, 0.717) is 12.1 Å². The van der Waals surface area contributed by atoms with Gasteiger partial charge in [-0.2, -0.15) is 0 Å². The largest absolute Gasteiger partial charge is 0.374 e. The fraction of sp³-hybridized carbons (Fsp3) is 0.750. The Bertz CT molecular complexity index is 318. The highest BCUT2D eigenvalue weighted by atomic mass is 32.1. The number of morpholine rings is 1. The molecule has 1 aliphatic rings. The maximum atomic E-state index is 5.74. The average Bonchev–Trinajstić information content (AvgIpc) is 2.84. The minimum Gasteiger partial charge on any atom is -0.374 e. The van der Waals surface area contributed by atoms with Gasteiger partial charge >= 0.3 is 0 Å². The molecule has 1 N–H and O–H groups in total. The predicted molar refractivity (Wildman–Crippen MR) is 70.4 cm³/mol. The third-order valence-corrected chi connectivity index (χ3v) is 3.98. The smallest absolute Gasteiger partial charge is 0.109 e. The highest BCUT2D eigenvalue weighted by molar-refractivity contribution is 7.09. The Morgan fingerprint density at radius 3 is 3.24 bits per heavy atom. The van der Waals surface area contributed by atoms with Gasteiger partial charge in [0.15, 0.2) is 0 Å². The fourth-order valence-electron chi connectivity index (χ4n) is 2.08. The third-order valence-electron chi connectivity index (χ3n) is 3.09. The molecule has 0 spiro atoms. The highest BCUT2D eigenvalue weighted by Crippen LogP contribution is 2.18. The van der Waals surface area contributed by atoms with E-state index in [2.05, 4.69) is 29.2 Å². The first-order chi connectivity index (χ1) is 8.29. The summed E-state index contributed by atoms with van der Waals surface area (Å²) >= 11 is 1.72. The Morgan fingerprint density at radius 2 is 2.59 bits per heavy atom. The molecular formula is C12H21N3OS. The zero-order valence-corrected chi connectivity index (χ0v) is 11.4. The Morgan fingerprint density at radius 1 is 1.71 bits per heavy atom. The first kappa shape index (κ1) is 13.0. The van der Waals surface area contributed by atoms with Gasteiger partial charge in [-0.05, 0) is 13.5 Å². The molecule has 2 unspecified atom stereocenters. The number of nitrogens with zero attached hydrogens (tertiary/aromatic N) is 2. The second kappa shape index (κ2) is 6.44. The van der Waals surface area contributed by atoms with Crippen molar-refractivity contribution in [1.82, 2.24) is 15.2 Å². The van der Waals surface area contributed by atoms with Crippen molar-refractivity contribution < 1.29 is 4.74 Å². The Labute approximate surface area is 107 Å². The maximum absolute atomic E-state index is 5.74. The summed E-state index contributed by atoms with van der Waals surface area (Å²) in [7, 11) is 2.15. The summed E-state index contributed by atoms with van der Waals surface area (Å²) in [5.74, 6) is 0. The van der Waals surface area contributed by atoms with Crippen LogP contribution in [-0.2, 0) is 4.74 Å². The van der Waals surface area contributed by atoms with Crippen LogP contribution in [-0.4, -0.2) is 49.3 Å². The summed E-state index contributed by atoms with van der Waals surface area (Å²) in [6.07, 6.45) is 3.24. The number of hydrogen-bond acceptors (Lipinski definition) is 5. The third kappa shape index (κ3) is 3.74. The number of ether oxygens (including phenoxy) is 1.